The van der Waals surface area contributed by atoms with Crippen LogP contribution < -0.4 is 5.32 Å². The van der Waals surface area contributed by atoms with Crippen molar-refractivity contribution in [3.63, 3.8) is 0 Å². The molecule has 0 bridgehead atoms. The van der Waals surface area contributed by atoms with Gasteiger partial charge in [0.05, 0.1) is 0 Å². The van der Waals surface area contributed by atoms with E-state index in [1.807, 2.05) is 6.07 Å². The maximum absolute atomic E-state index is 14.0. The molecule has 1 heterocycles. The molecule has 0 amide bonds. The third kappa shape index (κ3) is 2.41. The lowest BCUT2D eigenvalue weighted by molar-refractivity contribution is -0.0286. The molecule has 1 aliphatic carbocycles. The second-order valence-corrected chi connectivity index (χ2v) is 5.66. The minimum atomic E-state index is -2.62. The standard InChI is InChI=1S/C15H19F2N/c16-15(17,13-4-5-13)14-3-1-2-11(9-14)8-12-6-7-18-10-12/h1-3,9,12-13,18H,4-8,10H2. The van der Waals surface area contributed by atoms with Gasteiger partial charge in [0.1, 0.15) is 0 Å². The lowest BCUT2D eigenvalue weighted by Crippen LogP contribution is -2.16. The van der Waals surface area contributed by atoms with Gasteiger partial charge in [-0.25, -0.2) is 8.78 Å². The summed E-state index contributed by atoms with van der Waals surface area (Å²) in [5.41, 5.74) is 1.27. The smallest absolute Gasteiger partial charge is 0.276 e. The zero-order chi connectivity index (χ0) is 12.6. The molecule has 2 fully saturated rings. The number of rotatable bonds is 4. The van der Waals surface area contributed by atoms with Crippen LogP contribution >= 0.6 is 0 Å². The van der Waals surface area contributed by atoms with Crippen molar-refractivity contribution in [2.75, 3.05) is 13.1 Å². The molecular formula is C15H19F2N. The van der Waals surface area contributed by atoms with Gasteiger partial charge < -0.3 is 5.32 Å². The number of alkyl halides is 2. The third-order valence-corrected chi connectivity index (χ3v) is 4.09. The van der Waals surface area contributed by atoms with Gasteiger partial charge in [-0.15, -0.1) is 0 Å². The molecule has 1 atom stereocenters. The van der Waals surface area contributed by atoms with E-state index in [1.165, 1.54) is 0 Å². The zero-order valence-corrected chi connectivity index (χ0v) is 10.5. The molecule has 1 nitrogen and oxygen atoms in total. The van der Waals surface area contributed by atoms with Crippen LogP contribution in [0.1, 0.15) is 30.4 Å². The fraction of sp³-hybridized carbons (Fsp3) is 0.600. The summed E-state index contributed by atoms with van der Waals surface area (Å²) in [5, 5.41) is 3.32. The van der Waals surface area contributed by atoms with E-state index in [4.69, 9.17) is 0 Å². The molecule has 98 valence electrons. The summed E-state index contributed by atoms with van der Waals surface area (Å²) in [6.07, 6.45) is 3.42. The number of nitrogens with one attached hydrogen (secondary N) is 1. The Morgan fingerprint density at radius 2 is 2.06 bits per heavy atom. The summed E-state index contributed by atoms with van der Waals surface area (Å²) < 4.78 is 28.0. The van der Waals surface area contributed by atoms with Crippen molar-refractivity contribution in [3.05, 3.63) is 35.4 Å². The Labute approximate surface area is 107 Å². The predicted molar refractivity (Wildman–Crippen MR) is 67.7 cm³/mol. The lowest BCUT2D eigenvalue weighted by atomic mass is 9.95. The van der Waals surface area contributed by atoms with E-state index in [0.29, 0.717) is 18.8 Å². The molecule has 18 heavy (non-hydrogen) atoms. The van der Waals surface area contributed by atoms with Crippen molar-refractivity contribution in [3.8, 4) is 0 Å². The topological polar surface area (TPSA) is 12.0 Å². The van der Waals surface area contributed by atoms with Gasteiger partial charge in [0.25, 0.3) is 5.92 Å². The Morgan fingerprint density at radius 3 is 2.72 bits per heavy atom. The van der Waals surface area contributed by atoms with Crippen LogP contribution in [0.5, 0.6) is 0 Å². The fourth-order valence-electron chi connectivity index (χ4n) is 2.81. The predicted octanol–water partition coefficient (Wildman–Crippen LogP) is 3.34. The first kappa shape index (κ1) is 12.1. The maximum Gasteiger partial charge on any atom is 0.276 e. The number of benzene rings is 1. The van der Waals surface area contributed by atoms with Crippen molar-refractivity contribution >= 4 is 0 Å². The van der Waals surface area contributed by atoms with E-state index in [9.17, 15) is 8.78 Å². The second-order valence-electron chi connectivity index (χ2n) is 5.66. The molecular weight excluding hydrogens is 232 g/mol. The Morgan fingerprint density at radius 1 is 1.22 bits per heavy atom. The van der Waals surface area contributed by atoms with Crippen LogP contribution in [-0.2, 0) is 12.3 Å². The maximum atomic E-state index is 14.0. The van der Waals surface area contributed by atoms with E-state index >= 15 is 0 Å². The van der Waals surface area contributed by atoms with Gasteiger partial charge in [0.2, 0.25) is 0 Å². The highest BCUT2D eigenvalue weighted by atomic mass is 19.3. The van der Waals surface area contributed by atoms with Gasteiger partial charge in [-0.3, -0.25) is 0 Å². The van der Waals surface area contributed by atoms with Crippen molar-refractivity contribution in [2.24, 2.45) is 11.8 Å². The third-order valence-electron chi connectivity index (χ3n) is 4.09. The minimum absolute atomic E-state index is 0.216. The largest absolute Gasteiger partial charge is 0.316 e. The highest BCUT2D eigenvalue weighted by Gasteiger charge is 2.47. The molecule has 1 saturated carbocycles. The molecule has 1 saturated heterocycles. The summed E-state index contributed by atoms with van der Waals surface area (Å²) in [4.78, 5) is 0. The average Bonchev–Trinajstić information content (AvgIpc) is 3.11. The fourth-order valence-corrected chi connectivity index (χ4v) is 2.81. The molecule has 1 unspecified atom stereocenters. The van der Waals surface area contributed by atoms with Crippen molar-refractivity contribution in [1.82, 2.24) is 5.32 Å². The normalized spacial score (nSPS) is 24.4. The minimum Gasteiger partial charge on any atom is -0.316 e. The molecule has 3 rings (SSSR count). The van der Waals surface area contributed by atoms with Gasteiger partial charge in [0, 0.05) is 11.5 Å². The Hall–Kier alpha value is -0.960. The van der Waals surface area contributed by atoms with Gasteiger partial charge in [0.15, 0.2) is 0 Å². The first-order chi connectivity index (χ1) is 8.66. The monoisotopic (exact) mass is 251 g/mol. The van der Waals surface area contributed by atoms with Crippen LogP contribution in [0.15, 0.2) is 24.3 Å². The van der Waals surface area contributed by atoms with Crippen LogP contribution in [0.25, 0.3) is 0 Å². The summed E-state index contributed by atoms with van der Waals surface area (Å²) in [7, 11) is 0. The quantitative estimate of drug-likeness (QED) is 0.865. The first-order valence-electron chi connectivity index (χ1n) is 6.84. The Kier molecular flexibility index (Phi) is 3.10. The Bertz CT molecular complexity index is 420. The molecule has 0 aromatic heterocycles. The van der Waals surface area contributed by atoms with Crippen LogP contribution in [0, 0.1) is 11.8 Å². The molecule has 1 aliphatic heterocycles. The lowest BCUT2D eigenvalue weighted by Gasteiger charge is -2.17. The van der Waals surface area contributed by atoms with Crippen molar-refractivity contribution < 1.29 is 8.78 Å². The molecule has 1 N–H and O–H groups in total. The highest BCUT2D eigenvalue weighted by molar-refractivity contribution is 5.28. The van der Waals surface area contributed by atoms with Gasteiger partial charge in [-0.1, -0.05) is 18.2 Å². The van der Waals surface area contributed by atoms with E-state index in [-0.39, 0.29) is 5.56 Å². The first-order valence-corrected chi connectivity index (χ1v) is 6.84. The van der Waals surface area contributed by atoms with E-state index in [2.05, 4.69) is 5.32 Å². The summed E-state index contributed by atoms with van der Waals surface area (Å²) >= 11 is 0. The van der Waals surface area contributed by atoms with E-state index in [1.54, 1.807) is 18.2 Å². The average molecular weight is 251 g/mol. The van der Waals surface area contributed by atoms with Gasteiger partial charge in [-0.05, 0) is 56.3 Å². The summed E-state index contributed by atoms with van der Waals surface area (Å²) in [6.45, 7) is 2.08. The van der Waals surface area contributed by atoms with Crippen LogP contribution in [0.2, 0.25) is 0 Å². The van der Waals surface area contributed by atoms with Gasteiger partial charge in [-0.2, -0.15) is 0 Å². The zero-order valence-electron chi connectivity index (χ0n) is 10.5. The number of halogens is 2. The van der Waals surface area contributed by atoms with Crippen LogP contribution in [0.4, 0.5) is 8.78 Å². The Balaban J connectivity index is 1.75. The molecule has 1 aromatic rings. The van der Waals surface area contributed by atoms with E-state index < -0.39 is 11.8 Å². The molecule has 3 heteroatoms. The van der Waals surface area contributed by atoms with Gasteiger partial charge >= 0.3 is 0 Å². The number of hydrogen-bond acceptors (Lipinski definition) is 1. The van der Waals surface area contributed by atoms with Crippen LogP contribution in [-0.4, -0.2) is 13.1 Å². The van der Waals surface area contributed by atoms with Crippen LogP contribution in [0.3, 0.4) is 0 Å². The molecule has 0 radical (unpaired) electrons. The summed E-state index contributed by atoms with van der Waals surface area (Å²) in [5.74, 6) is -2.43. The van der Waals surface area contributed by atoms with Crippen molar-refractivity contribution in [1.29, 1.82) is 0 Å². The SMILES string of the molecule is FC(F)(c1cccc(CC2CCNC2)c1)C1CC1. The molecule has 2 aliphatic rings. The highest BCUT2D eigenvalue weighted by Crippen LogP contribution is 2.49. The number of hydrogen-bond donors (Lipinski definition) is 1. The molecule has 1 aromatic carbocycles. The van der Waals surface area contributed by atoms with Crippen molar-refractivity contribution in [2.45, 2.75) is 31.6 Å². The van der Waals surface area contributed by atoms with E-state index in [0.717, 1.165) is 31.5 Å². The molecule has 0 spiro atoms. The second kappa shape index (κ2) is 4.61. The summed E-state index contributed by atoms with van der Waals surface area (Å²) in [6, 6.07) is 7.06.